The molecule has 0 saturated heterocycles. The van der Waals surface area contributed by atoms with Crippen LogP contribution in [-0.2, 0) is 13.0 Å². The SMILES string of the molecule is CCn1cc(CC(O)CNC2CC2)cn1. The Labute approximate surface area is 90.3 Å². The average molecular weight is 209 g/mol. The lowest BCUT2D eigenvalue weighted by Gasteiger charge is -2.09. The largest absolute Gasteiger partial charge is 0.391 e. The van der Waals surface area contributed by atoms with Gasteiger partial charge in [0.05, 0.1) is 12.3 Å². The molecule has 1 atom stereocenters. The minimum absolute atomic E-state index is 0.292. The van der Waals surface area contributed by atoms with Crippen molar-refractivity contribution in [1.29, 1.82) is 0 Å². The van der Waals surface area contributed by atoms with Crippen molar-refractivity contribution in [2.75, 3.05) is 6.54 Å². The molecule has 4 heteroatoms. The molecule has 0 spiro atoms. The van der Waals surface area contributed by atoms with Crippen molar-refractivity contribution < 1.29 is 5.11 Å². The molecule has 1 saturated carbocycles. The number of rotatable bonds is 6. The average Bonchev–Trinajstić information content (AvgIpc) is 2.96. The molecule has 0 amide bonds. The maximum absolute atomic E-state index is 9.76. The van der Waals surface area contributed by atoms with E-state index in [1.807, 2.05) is 17.1 Å². The molecule has 1 aromatic heterocycles. The van der Waals surface area contributed by atoms with Crippen molar-refractivity contribution in [2.24, 2.45) is 0 Å². The summed E-state index contributed by atoms with van der Waals surface area (Å²) in [5.74, 6) is 0. The predicted molar refractivity (Wildman–Crippen MR) is 58.6 cm³/mol. The van der Waals surface area contributed by atoms with Gasteiger partial charge in [0.15, 0.2) is 0 Å². The fraction of sp³-hybridized carbons (Fsp3) is 0.727. The zero-order valence-electron chi connectivity index (χ0n) is 9.19. The molecule has 1 aliphatic carbocycles. The lowest BCUT2D eigenvalue weighted by Crippen LogP contribution is -2.29. The van der Waals surface area contributed by atoms with Gasteiger partial charge in [-0.1, -0.05) is 0 Å². The molecule has 1 aliphatic rings. The van der Waals surface area contributed by atoms with Crippen molar-refractivity contribution in [3.8, 4) is 0 Å². The molecule has 0 aromatic carbocycles. The Morgan fingerprint density at radius 1 is 1.67 bits per heavy atom. The van der Waals surface area contributed by atoms with Gasteiger partial charge in [0, 0.05) is 31.7 Å². The first-order chi connectivity index (χ1) is 7.28. The van der Waals surface area contributed by atoms with Crippen LogP contribution in [0.5, 0.6) is 0 Å². The van der Waals surface area contributed by atoms with Gasteiger partial charge >= 0.3 is 0 Å². The van der Waals surface area contributed by atoms with Crippen LogP contribution in [-0.4, -0.2) is 33.6 Å². The summed E-state index contributed by atoms with van der Waals surface area (Å²) in [4.78, 5) is 0. The van der Waals surface area contributed by atoms with Gasteiger partial charge in [-0.2, -0.15) is 5.10 Å². The van der Waals surface area contributed by atoms with Crippen LogP contribution in [0.25, 0.3) is 0 Å². The Hall–Kier alpha value is -0.870. The number of nitrogens with zero attached hydrogens (tertiary/aromatic N) is 2. The van der Waals surface area contributed by atoms with E-state index in [2.05, 4.69) is 17.3 Å². The number of hydrogen-bond donors (Lipinski definition) is 2. The minimum Gasteiger partial charge on any atom is -0.391 e. The predicted octanol–water partition coefficient (Wildman–Crippen LogP) is 0.558. The van der Waals surface area contributed by atoms with E-state index >= 15 is 0 Å². The first kappa shape index (κ1) is 10.6. The van der Waals surface area contributed by atoms with E-state index < -0.39 is 0 Å². The van der Waals surface area contributed by atoms with Crippen molar-refractivity contribution in [3.63, 3.8) is 0 Å². The highest BCUT2D eigenvalue weighted by Crippen LogP contribution is 2.18. The summed E-state index contributed by atoms with van der Waals surface area (Å²) in [6.45, 7) is 3.64. The number of hydrogen-bond acceptors (Lipinski definition) is 3. The van der Waals surface area contributed by atoms with Gasteiger partial charge < -0.3 is 10.4 Å². The summed E-state index contributed by atoms with van der Waals surface area (Å²) >= 11 is 0. The highest BCUT2D eigenvalue weighted by Gasteiger charge is 2.21. The Balaban J connectivity index is 1.73. The van der Waals surface area contributed by atoms with Crippen LogP contribution in [0.3, 0.4) is 0 Å². The second-order valence-corrected chi connectivity index (χ2v) is 4.24. The smallest absolute Gasteiger partial charge is 0.0706 e. The highest BCUT2D eigenvalue weighted by atomic mass is 16.3. The van der Waals surface area contributed by atoms with Crippen LogP contribution < -0.4 is 5.32 Å². The third kappa shape index (κ3) is 3.32. The molecule has 15 heavy (non-hydrogen) atoms. The van der Waals surface area contributed by atoms with Crippen molar-refractivity contribution in [1.82, 2.24) is 15.1 Å². The number of aliphatic hydroxyl groups is 1. The van der Waals surface area contributed by atoms with Crippen molar-refractivity contribution in [2.45, 2.75) is 44.9 Å². The van der Waals surface area contributed by atoms with Gasteiger partial charge in [-0.15, -0.1) is 0 Å². The van der Waals surface area contributed by atoms with Gasteiger partial charge in [0.2, 0.25) is 0 Å². The minimum atomic E-state index is -0.292. The Morgan fingerprint density at radius 2 is 2.47 bits per heavy atom. The maximum Gasteiger partial charge on any atom is 0.0706 e. The molecule has 1 unspecified atom stereocenters. The van der Waals surface area contributed by atoms with Gasteiger partial charge in [0.25, 0.3) is 0 Å². The number of aryl methyl sites for hydroxylation is 1. The first-order valence-electron chi connectivity index (χ1n) is 5.70. The van der Waals surface area contributed by atoms with Crippen molar-refractivity contribution >= 4 is 0 Å². The molecular formula is C11H19N3O. The lowest BCUT2D eigenvalue weighted by atomic mass is 10.1. The fourth-order valence-electron chi connectivity index (χ4n) is 1.62. The fourth-order valence-corrected chi connectivity index (χ4v) is 1.62. The van der Waals surface area contributed by atoms with Gasteiger partial charge in [0.1, 0.15) is 0 Å². The molecule has 4 nitrogen and oxygen atoms in total. The number of aliphatic hydroxyl groups excluding tert-OH is 1. The van der Waals surface area contributed by atoms with Crippen LogP contribution >= 0.6 is 0 Å². The molecule has 0 aliphatic heterocycles. The van der Waals surface area contributed by atoms with E-state index in [-0.39, 0.29) is 6.10 Å². The van der Waals surface area contributed by atoms with E-state index in [1.165, 1.54) is 12.8 Å². The highest BCUT2D eigenvalue weighted by molar-refractivity contribution is 5.05. The molecule has 0 radical (unpaired) electrons. The van der Waals surface area contributed by atoms with Crippen LogP contribution in [0.2, 0.25) is 0 Å². The second-order valence-electron chi connectivity index (χ2n) is 4.24. The van der Waals surface area contributed by atoms with Crippen molar-refractivity contribution in [3.05, 3.63) is 18.0 Å². The summed E-state index contributed by atoms with van der Waals surface area (Å²) in [5, 5.41) is 17.3. The van der Waals surface area contributed by atoms with Crippen LogP contribution in [0, 0.1) is 0 Å². The Bertz CT molecular complexity index is 307. The molecule has 2 rings (SSSR count). The summed E-state index contributed by atoms with van der Waals surface area (Å²) in [5.41, 5.74) is 1.11. The van der Waals surface area contributed by atoms with Gasteiger partial charge in [-0.3, -0.25) is 4.68 Å². The zero-order chi connectivity index (χ0) is 10.7. The second kappa shape index (κ2) is 4.77. The molecule has 1 fully saturated rings. The van der Waals surface area contributed by atoms with Crippen LogP contribution in [0.15, 0.2) is 12.4 Å². The lowest BCUT2D eigenvalue weighted by molar-refractivity contribution is 0.171. The zero-order valence-corrected chi connectivity index (χ0v) is 9.19. The molecule has 0 bridgehead atoms. The third-order valence-corrected chi connectivity index (χ3v) is 2.70. The topological polar surface area (TPSA) is 50.1 Å². The third-order valence-electron chi connectivity index (χ3n) is 2.70. The Kier molecular flexibility index (Phi) is 3.38. The van der Waals surface area contributed by atoms with Crippen LogP contribution in [0.1, 0.15) is 25.3 Å². The summed E-state index contributed by atoms with van der Waals surface area (Å²) in [6.07, 6.45) is 6.77. The normalized spacial score (nSPS) is 18.0. The molecular weight excluding hydrogens is 190 g/mol. The summed E-state index contributed by atoms with van der Waals surface area (Å²) < 4.78 is 1.89. The van der Waals surface area contributed by atoms with Gasteiger partial charge in [-0.25, -0.2) is 0 Å². The number of nitrogens with one attached hydrogen (secondary N) is 1. The van der Waals surface area contributed by atoms with E-state index in [4.69, 9.17) is 0 Å². The molecule has 84 valence electrons. The molecule has 1 heterocycles. The summed E-state index contributed by atoms with van der Waals surface area (Å²) in [7, 11) is 0. The molecule has 2 N–H and O–H groups in total. The van der Waals surface area contributed by atoms with Crippen LogP contribution in [0.4, 0.5) is 0 Å². The Morgan fingerprint density at radius 3 is 3.07 bits per heavy atom. The quantitative estimate of drug-likeness (QED) is 0.719. The summed E-state index contributed by atoms with van der Waals surface area (Å²) in [6, 6.07) is 0.665. The monoisotopic (exact) mass is 209 g/mol. The first-order valence-corrected chi connectivity index (χ1v) is 5.70. The number of aromatic nitrogens is 2. The maximum atomic E-state index is 9.76. The van der Waals surface area contributed by atoms with Gasteiger partial charge in [-0.05, 0) is 25.3 Å². The molecule has 1 aromatic rings. The van der Waals surface area contributed by atoms with E-state index in [9.17, 15) is 5.11 Å². The van der Waals surface area contributed by atoms with E-state index in [0.29, 0.717) is 19.0 Å². The van der Waals surface area contributed by atoms with E-state index in [1.54, 1.807) is 0 Å². The standard InChI is InChI=1S/C11H19N3O/c1-2-14-8-9(6-13-14)5-11(15)7-12-10-3-4-10/h6,8,10-12,15H,2-5,7H2,1H3. The van der Waals surface area contributed by atoms with E-state index in [0.717, 1.165) is 12.1 Å².